The molecule has 0 aliphatic rings. The highest BCUT2D eigenvalue weighted by atomic mass is 32.2. The van der Waals surface area contributed by atoms with Gasteiger partial charge in [0, 0.05) is 24.9 Å². The van der Waals surface area contributed by atoms with Crippen molar-refractivity contribution in [3.05, 3.63) is 94.8 Å². The molecule has 3 aromatic rings. The SMILES string of the molecule is COCc1cccc(CNC(=O)c2ccc(NS(=O)(=O)c3ccc(F)c(C)c3)cc2)c1. The molecule has 0 bridgehead atoms. The van der Waals surface area contributed by atoms with Crippen molar-refractivity contribution in [1.29, 1.82) is 0 Å². The zero-order valence-corrected chi connectivity index (χ0v) is 18.0. The number of anilines is 1. The van der Waals surface area contributed by atoms with Crippen LogP contribution < -0.4 is 10.0 Å². The molecule has 0 heterocycles. The quantitative estimate of drug-likeness (QED) is 0.552. The molecule has 8 heteroatoms. The summed E-state index contributed by atoms with van der Waals surface area (Å²) in [4.78, 5) is 12.4. The highest BCUT2D eigenvalue weighted by Gasteiger charge is 2.16. The van der Waals surface area contributed by atoms with Gasteiger partial charge in [-0.1, -0.05) is 24.3 Å². The zero-order chi connectivity index (χ0) is 22.4. The highest BCUT2D eigenvalue weighted by molar-refractivity contribution is 7.92. The number of sulfonamides is 1. The van der Waals surface area contributed by atoms with Gasteiger partial charge in [-0.2, -0.15) is 0 Å². The second-order valence-electron chi connectivity index (χ2n) is 7.03. The Bertz CT molecular complexity index is 1180. The van der Waals surface area contributed by atoms with Crippen molar-refractivity contribution in [3.63, 3.8) is 0 Å². The summed E-state index contributed by atoms with van der Waals surface area (Å²) in [5.41, 5.74) is 2.89. The number of hydrogen-bond donors (Lipinski definition) is 2. The smallest absolute Gasteiger partial charge is 0.261 e. The van der Waals surface area contributed by atoms with Gasteiger partial charge in [0.2, 0.25) is 0 Å². The number of methoxy groups -OCH3 is 1. The van der Waals surface area contributed by atoms with Gasteiger partial charge in [0.05, 0.1) is 11.5 Å². The zero-order valence-electron chi connectivity index (χ0n) is 17.2. The Hall–Kier alpha value is -3.23. The van der Waals surface area contributed by atoms with Gasteiger partial charge >= 0.3 is 0 Å². The van der Waals surface area contributed by atoms with Gasteiger partial charge in [-0.3, -0.25) is 9.52 Å². The Kier molecular flexibility index (Phi) is 7.04. The summed E-state index contributed by atoms with van der Waals surface area (Å²) in [7, 11) is -2.24. The topological polar surface area (TPSA) is 84.5 Å². The van der Waals surface area contributed by atoms with Crippen LogP contribution in [0.15, 0.2) is 71.6 Å². The van der Waals surface area contributed by atoms with E-state index in [9.17, 15) is 17.6 Å². The molecule has 3 aromatic carbocycles. The predicted octanol–water partition coefficient (Wildman–Crippen LogP) is 4.01. The fourth-order valence-electron chi connectivity index (χ4n) is 2.97. The molecule has 0 fully saturated rings. The summed E-state index contributed by atoms with van der Waals surface area (Å²) < 4.78 is 45.9. The molecule has 6 nitrogen and oxygen atoms in total. The van der Waals surface area contributed by atoms with Crippen LogP contribution in [0.2, 0.25) is 0 Å². The molecule has 0 spiro atoms. The minimum absolute atomic E-state index is 0.0380. The monoisotopic (exact) mass is 442 g/mol. The van der Waals surface area contributed by atoms with Crippen LogP contribution in [0, 0.1) is 12.7 Å². The summed E-state index contributed by atoms with van der Waals surface area (Å²) in [6, 6.07) is 17.4. The van der Waals surface area contributed by atoms with Crippen LogP contribution in [-0.4, -0.2) is 21.4 Å². The maximum atomic E-state index is 13.4. The van der Waals surface area contributed by atoms with Crippen molar-refractivity contribution in [3.8, 4) is 0 Å². The summed E-state index contributed by atoms with van der Waals surface area (Å²) in [5, 5.41) is 2.84. The lowest BCUT2D eigenvalue weighted by Gasteiger charge is -2.10. The number of benzene rings is 3. The lowest BCUT2D eigenvalue weighted by atomic mass is 10.1. The van der Waals surface area contributed by atoms with E-state index >= 15 is 0 Å². The van der Waals surface area contributed by atoms with Gasteiger partial charge in [0.1, 0.15) is 5.82 Å². The van der Waals surface area contributed by atoms with E-state index in [1.807, 2.05) is 24.3 Å². The molecule has 0 unspecified atom stereocenters. The first-order valence-corrected chi connectivity index (χ1v) is 11.0. The molecule has 0 aliphatic heterocycles. The van der Waals surface area contributed by atoms with Crippen LogP contribution >= 0.6 is 0 Å². The van der Waals surface area contributed by atoms with E-state index in [2.05, 4.69) is 10.0 Å². The number of carbonyl (C=O) groups excluding carboxylic acids is 1. The molecule has 0 saturated carbocycles. The van der Waals surface area contributed by atoms with Crippen molar-refractivity contribution in [2.24, 2.45) is 0 Å². The van der Waals surface area contributed by atoms with Gasteiger partial charge in [-0.15, -0.1) is 0 Å². The molecule has 0 saturated heterocycles. The Morgan fingerprint density at radius 2 is 1.71 bits per heavy atom. The molecule has 2 N–H and O–H groups in total. The second kappa shape index (κ2) is 9.72. The summed E-state index contributed by atoms with van der Waals surface area (Å²) >= 11 is 0. The van der Waals surface area contributed by atoms with Gasteiger partial charge < -0.3 is 10.1 Å². The Morgan fingerprint density at radius 1 is 1.00 bits per heavy atom. The molecule has 162 valence electrons. The van der Waals surface area contributed by atoms with Crippen molar-refractivity contribution in [1.82, 2.24) is 5.32 Å². The van der Waals surface area contributed by atoms with Gasteiger partial charge in [0.25, 0.3) is 15.9 Å². The van der Waals surface area contributed by atoms with Crippen LogP contribution in [0.4, 0.5) is 10.1 Å². The van der Waals surface area contributed by atoms with E-state index in [4.69, 9.17) is 4.74 Å². The van der Waals surface area contributed by atoms with Gasteiger partial charge in [-0.25, -0.2) is 12.8 Å². The second-order valence-corrected chi connectivity index (χ2v) is 8.71. The third kappa shape index (κ3) is 5.90. The maximum Gasteiger partial charge on any atom is 0.261 e. The first kappa shape index (κ1) is 22.5. The van der Waals surface area contributed by atoms with Gasteiger partial charge in [0.15, 0.2) is 0 Å². The number of ether oxygens (including phenoxy) is 1. The number of halogens is 1. The molecule has 0 radical (unpaired) electrons. The molecule has 1 amide bonds. The molecule has 0 aromatic heterocycles. The lowest BCUT2D eigenvalue weighted by molar-refractivity contribution is 0.0951. The largest absolute Gasteiger partial charge is 0.380 e. The van der Waals surface area contributed by atoms with Crippen molar-refractivity contribution in [2.75, 3.05) is 11.8 Å². The van der Waals surface area contributed by atoms with Crippen LogP contribution in [0.5, 0.6) is 0 Å². The molecule has 31 heavy (non-hydrogen) atoms. The summed E-state index contributed by atoms with van der Waals surface area (Å²) in [6.45, 7) is 2.35. The Labute approximate surface area is 181 Å². The van der Waals surface area contributed by atoms with Crippen molar-refractivity contribution >= 4 is 21.6 Å². The van der Waals surface area contributed by atoms with Gasteiger partial charge in [-0.05, 0) is 66.1 Å². The van der Waals surface area contributed by atoms with E-state index in [1.165, 1.54) is 43.3 Å². The average molecular weight is 443 g/mol. The predicted molar refractivity (Wildman–Crippen MR) is 117 cm³/mol. The van der Waals surface area contributed by atoms with Crippen molar-refractivity contribution < 1.29 is 22.3 Å². The minimum Gasteiger partial charge on any atom is -0.380 e. The number of aryl methyl sites for hydroxylation is 1. The normalized spacial score (nSPS) is 11.2. The van der Waals surface area contributed by atoms with E-state index in [0.29, 0.717) is 24.4 Å². The maximum absolute atomic E-state index is 13.4. The number of amides is 1. The van der Waals surface area contributed by atoms with Crippen molar-refractivity contribution in [2.45, 2.75) is 25.0 Å². The lowest BCUT2D eigenvalue weighted by Crippen LogP contribution is -2.22. The van der Waals surface area contributed by atoms with Crippen LogP contribution in [-0.2, 0) is 27.9 Å². The third-order valence-corrected chi connectivity index (χ3v) is 5.97. The van der Waals surface area contributed by atoms with Crippen LogP contribution in [0.1, 0.15) is 27.0 Å². The van der Waals surface area contributed by atoms with E-state index < -0.39 is 15.8 Å². The number of hydrogen-bond acceptors (Lipinski definition) is 4. The molecule has 3 rings (SSSR count). The number of rotatable bonds is 8. The fourth-order valence-corrected chi connectivity index (χ4v) is 4.11. The Morgan fingerprint density at radius 3 is 2.39 bits per heavy atom. The minimum atomic E-state index is -3.87. The van der Waals surface area contributed by atoms with E-state index in [0.717, 1.165) is 17.2 Å². The summed E-state index contributed by atoms with van der Waals surface area (Å²) in [5.74, 6) is -0.750. The standard InChI is InChI=1S/C23H23FN2O4S/c1-16-12-21(10-11-22(16)24)31(28,29)26-20-8-6-19(7-9-20)23(27)25-14-17-4-3-5-18(13-17)15-30-2/h3-13,26H,14-15H2,1-2H3,(H,25,27). The molecular weight excluding hydrogens is 419 g/mol. The van der Waals surface area contributed by atoms with E-state index in [1.54, 1.807) is 7.11 Å². The number of carbonyl (C=O) groups is 1. The Balaban J connectivity index is 1.63. The first-order valence-electron chi connectivity index (χ1n) is 9.52. The third-order valence-electron chi connectivity index (χ3n) is 4.59. The summed E-state index contributed by atoms with van der Waals surface area (Å²) in [6.07, 6.45) is 0. The number of nitrogens with one attached hydrogen (secondary N) is 2. The molecular formula is C23H23FN2O4S. The molecule has 0 aliphatic carbocycles. The van der Waals surface area contributed by atoms with Crippen LogP contribution in [0.25, 0.3) is 0 Å². The highest BCUT2D eigenvalue weighted by Crippen LogP contribution is 2.19. The van der Waals surface area contributed by atoms with Crippen LogP contribution in [0.3, 0.4) is 0 Å². The van der Waals surface area contributed by atoms with E-state index in [-0.39, 0.29) is 16.4 Å². The first-order chi connectivity index (χ1) is 14.8. The fraction of sp³-hybridized carbons (Fsp3) is 0.174. The average Bonchev–Trinajstić information content (AvgIpc) is 2.74. The molecule has 0 atom stereocenters.